The van der Waals surface area contributed by atoms with E-state index in [0.29, 0.717) is 11.7 Å². The lowest BCUT2D eigenvalue weighted by Crippen LogP contribution is -2.34. The van der Waals surface area contributed by atoms with Gasteiger partial charge in [0.1, 0.15) is 0 Å². The van der Waals surface area contributed by atoms with E-state index in [9.17, 15) is 0 Å². The highest BCUT2D eigenvalue weighted by Gasteiger charge is 1.97. The van der Waals surface area contributed by atoms with Gasteiger partial charge in [-0.05, 0) is 12.1 Å². The first-order chi connectivity index (χ1) is 7.99. The van der Waals surface area contributed by atoms with Gasteiger partial charge in [0.2, 0.25) is 0 Å². The second kappa shape index (κ2) is 8.09. The van der Waals surface area contributed by atoms with E-state index in [4.69, 9.17) is 10.6 Å². The van der Waals surface area contributed by atoms with Crippen molar-refractivity contribution in [2.45, 2.75) is 0 Å². The van der Waals surface area contributed by atoms with Crippen molar-refractivity contribution in [1.82, 2.24) is 14.8 Å². The summed E-state index contributed by atoms with van der Waals surface area (Å²) in [6.45, 7) is 0. The molecule has 0 fully saturated rings. The van der Waals surface area contributed by atoms with Gasteiger partial charge in [0, 0.05) is 34.4 Å². The highest BCUT2D eigenvalue weighted by molar-refractivity contribution is 5.76. The van der Waals surface area contributed by atoms with Gasteiger partial charge < -0.3 is 15.0 Å². The van der Waals surface area contributed by atoms with Crippen molar-refractivity contribution in [2.24, 2.45) is 5.16 Å². The number of hydrogen-bond donors (Lipinski definition) is 2. The first kappa shape index (κ1) is 14.9. The van der Waals surface area contributed by atoms with Crippen LogP contribution in [0.1, 0.15) is 5.69 Å². The van der Waals surface area contributed by atoms with Crippen molar-refractivity contribution < 1.29 is 5.21 Å². The lowest BCUT2D eigenvalue weighted by atomic mass is 10.4. The Morgan fingerprint density at radius 1 is 1.29 bits per heavy atom. The number of guanidine groups is 1. The fourth-order valence-corrected chi connectivity index (χ4v) is 0.911. The molecule has 0 aliphatic heterocycles. The summed E-state index contributed by atoms with van der Waals surface area (Å²) in [6, 6.07) is 5.37. The van der Waals surface area contributed by atoms with Crippen LogP contribution in [0.5, 0.6) is 0 Å². The Bertz CT molecular complexity index is 338. The monoisotopic (exact) mass is 237 g/mol. The molecular weight excluding hydrogens is 218 g/mol. The molecule has 17 heavy (non-hydrogen) atoms. The number of nitrogens with one attached hydrogen (secondary N) is 1. The molecule has 1 aromatic rings. The Morgan fingerprint density at radius 2 is 1.88 bits per heavy atom. The van der Waals surface area contributed by atoms with Crippen LogP contribution in [0.2, 0.25) is 0 Å². The number of oxime groups is 1. The highest BCUT2D eigenvalue weighted by Crippen LogP contribution is 1.86. The fraction of sp³-hybridized carbons (Fsp3) is 0.364. The van der Waals surface area contributed by atoms with Gasteiger partial charge >= 0.3 is 0 Å². The van der Waals surface area contributed by atoms with Gasteiger partial charge in [-0.2, -0.15) is 0 Å². The summed E-state index contributed by atoms with van der Waals surface area (Å²) < 4.78 is 0. The third-order valence-corrected chi connectivity index (χ3v) is 1.72. The van der Waals surface area contributed by atoms with Crippen LogP contribution in [-0.2, 0) is 0 Å². The van der Waals surface area contributed by atoms with Crippen molar-refractivity contribution in [3.63, 3.8) is 0 Å². The average molecular weight is 237 g/mol. The quantitative estimate of drug-likeness (QED) is 0.330. The van der Waals surface area contributed by atoms with Crippen LogP contribution < -0.4 is 0 Å². The van der Waals surface area contributed by atoms with E-state index in [1.165, 1.54) is 6.21 Å². The molecule has 2 N–H and O–H groups in total. The molecule has 0 saturated heterocycles. The molecule has 0 aromatic carbocycles. The van der Waals surface area contributed by atoms with Crippen molar-refractivity contribution >= 4 is 12.2 Å². The van der Waals surface area contributed by atoms with E-state index in [1.54, 1.807) is 28.1 Å². The topological polar surface area (TPSA) is 75.8 Å². The second-order valence-electron chi connectivity index (χ2n) is 3.61. The normalized spacial score (nSPS) is 9.41. The van der Waals surface area contributed by atoms with Gasteiger partial charge in [-0.15, -0.1) is 0 Å². The predicted molar refractivity (Wildman–Crippen MR) is 68.7 cm³/mol. The summed E-state index contributed by atoms with van der Waals surface area (Å²) in [4.78, 5) is 7.36. The molecule has 6 heteroatoms. The van der Waals surface area contributed by atoms with Gasteiger partial charge in [-0.3, -0.25) is 10.4 Å². The van der Waals surface area contributed by atoms with Crippen LogP contribution in [0.4, 0.5) is 0 Å². The Hall–Kier alpha value is -2.11. The van der Waals surface area contributed by atoms with Crippen LogP contribution >= 0.6 is 0 Å². The van der Waals surface area contributed by atoms with Crippen LogP contribution in [0.25, 0.3) is 0 Å². The number of nitrogens with zero attached hydrogens (tertiary/aromatic N) is 4. The van der Waals surface area contributed by atoms with Gasteiger partial charge in [-0.1, -0.05) is 11.2 Å². The maximum atomic E-state index is 8.05. The maximum Gasteiger partial charge on any atom is 0.192 e. The molecule has 0 unspecified atom stereocenters. The third-order valence-electron chi connectivity index (χ3n) is 1.72. The molecule has 0 aliphatic rings. The lowest BCUT2D eigenvalue weighted by Gasteiger charge is -2.19. The summed E-state index contributed by atoms with van der Waals surface area (Å²) in [7, 11) is 7.40. The van der Waals surface area contributed by atoms with E-state index in [-0.39, 0.29) is 0 Å². The van der Waals surface area contributed by atoms with Crippen molar-refractivity contribution in [3.8, 4) is 0 Å². The first-order valence-corrected chi connectivity index (χ1v) is 5.00. The highest BCUT2D eigenvalue weighted by atomic mass is 16.4. The molecule has 1 rings (SSSR count). The van der Waals surface area contributed by atoms with Crippen molar-refractivity contribution in [2.75, 3.05) is 28.2 Å². The Kier molecular flexibility index (Phi) is 7.09. The van der Waals surface area contributed by atoms with Crippen LogP contribution in [0.15, 0.2) is 29.6 Å². The summed E-state index contributed by atoms with van der Waals surface area (Å²) in [6.07, 6.45) is 2.91. The molecule has 0 amide bonds. The standard InChI is InChI=1S/C6H6N2O.C5H13N3/c9-8-5-6-3-1-2-4-7-6;1-7(2)5(6)8(3)4/h1-5,9H;6H,1-4H3/b8-5+;. The van der Waals surface area contributed by atoms with E-state index in [0.717, 1.165) is 0 Å². The molecule has 0 spiro atoms. The van der Waals surface area contributed by atoms with Gasteiger partial charge in [0.05, 0.1) is 11.9 Å². The first-order valence-electron chi connectivity index (χ1n) is 5.00. The number of hydrogen-bond acceptors (Lipinski definition) is 4. The molecule has 1 aromatic heterocycles. The molecule has 0 atom stereocenters. The van der Waals surface area contributed by atoms with E-state index >= 15 is 0 Å². The zero-order valence-corrected chi connectivity index (χ0v) is 10.6. The number of aromatic nitrogens is 1. The zero-order chi connectivity index (χ0) is 13.3. The van der Waals surface area contributed by atoms with Crippen molar-refractivity contribution in [1.29, 1.82) is 5.41 Å². The van der Waals surface area contributed by atoms with Crippen LogP contribution in [0.3, 0.4) is 0 Å². The maximum absolute atomic E-state index is 8.05. The third kappa shape index (κ3) is 6.88. The van der Waals surface area contributed by atoms with Crippen LogP contribution in [-0.4, -0.2) is 60.4 Å². The Labute approximate surface area is 102 Å². The van der Waals surface area contributed by atoms with Crippen LogP contribution in [0, 0.1) is 5.41 Å². The second-order valence-corrected chi connectivity index (χ2v) is 3.61. The molecular formula is C11H19N5O. The Balaban J connectivity index is 0.000000304. The average Bonchev–Trinajstić information content (AvgIpc) is 2.30. The van der Waals surface area contributed by atoms with Gasteiger partial charge in [0.25, 0.3) is 0 Å². The minimum absolute atomic E-state index is 0.519. The summed E-state index contributed by atoms with van der Waals surface area (Å²) in [5.74, 6) is 0.519. The SMILES string of the molecule is CN(C)C(=N)N(C)C.O/N=C/c1ccccn1. The number of rotatable bonds is 1. The molecule has 0 saturated carbocycles. The largest absolute Gasteiger partial charge is 0.411 e. The summed E-state index contributed by atoms with van der Waals surface area (Å²) in [5.41, 5.74) is 0.653. The smallest absolute Gasteiger partial charge is 0.192 e. The minimum atomic E-state index is 0.519. The fourth-order valence-electron chi connectivity index (χ4n) is 0.911. The predicted octanol–water partition coefficient (Wildman–Crippen LogP) is 0.934. The van der Waals surface area contributed by atoms with E-state index < -0.39 is 0 Å². The van der Waals surface area contributed by atoms with Crippen molar-refractivity contribution in [3.05, 3.63) is 30.1 Å². The lowest BCUT2D eigenvalue weighted by molar-refractivity contribution is 0.321. The molecule has 1 heterocycles. The van der Waals surface area contributed by atoms with E-state index in [1.807, 2.05) is 34.3 Å². The molecule has 0 aliphatic carbocycles. The summed E-state index contributed by atoms with van der Waals surface area (Å²) >= 11 is 0. The van der Waals surface area contributed by atoms with E-state index in [2.05, 4.69) is 10.1 Å². The number of pyridine rings is 1. The minimum Gasteiger partial charge on any atom is -0.411 e. The summed E-state index contributed by atoms with van der Waals surface area (Å²) in [5, 5.41) is 18.1. The molecule has 0 radical (unpaired) electrons. The zero-order valence-electron chi connectivity index (χ0n) is 10.6. The van der Waals surface area contributed by atoms with Gasteiger partial charge in [-0.25, -0.2) is 0 Å². The van der Waals surface area contributed by atoms with Gasteiger partial charge in [0.15, 0.2) is 5.96 Å². The Morgan fingerprint density at radius 3 is 2.18 bits per heavy atom. The molecule has 94 valence electrons. The molecule has 6 nitrogen and oxygen atoms in total. The molecule has 0 bridgehead atoms.